The molecule has 3 amide bonds. The molecule has 0 aromatic heterocycles. The predicted octanol–water partition coefficient (Wildman–Crippen LogP) is 1.95. The number of esters is 1. The van der Waals surface area contributed by atoms with E-state index in [1.807, 2.05) is 49.3 Å². The van der Waals surface area contributed by atoms with E-state index >= 15 is 0 Å². The van der Waals surface area contributed by atoms with Crippen molar-refractivity contribution in [1.29, 1.82) is 0 Å². The molecule has 30 heavy (non-hydrogen) atoms. The summed E-state index contributed by atoms with van der Waals surface area (Å²) in [5, 5.41) is 2.76. The fourth-order valence-electron chi connectivity index (χ4n) is 2.64. The van der Waals surface area contributed by atoms with Gasteiger partial charge in [0.2, 0.25) is 5.91 Å². The lowest BCUT2D eigenvalue weighted by Gasteiger charge is -2.26. The highest BCUT2D eigenvalue weighted by Crippen LogP contribution is 2.08. The number of benzene rings is 1. The van der Waals surface area contributed by atoms with E-state index in [4.69, 9.17) is 4.74 Å². The molecule has 8 heteroatoms. The molecule has 1 N–H and O–H groups in total. The standard InChI is InChI=1S/C22H36N4O4/c1-22(2,3)30-20(28)17-26(15-14-24(4)5)19(27)12-13-23-21(29)25(6)16-18-10-8-7-9-11-18/h7-11H,12-17H2,1-6H3,(H,23,29). The van der Waals surface area contributed by atoms with Gasteiger partial charge in [-0.15, -0.1) is 0 Å². The Kier molecular flexibility index (Phi) is 10.3. The summed E-state index contributed by atoms with van der Waals surface area (Å²) >= 11 is 0. The van der Waals surface area contributed by atoms with Crippen LogP contribution in [-0.4, -0.2) is 85.5 Å². The topological polar surface area (TPSA) is 82.2 Å². The van der Waals surface area contributed by atoms with Crippen molar-refractivity contribution in [3.05, 3.63) is 35.9 Å². The maximum Gasteiger partial charge on any atom is 0.326 e. The summed E-state index contributed by atoms with van der Waals surface area (Å²) < 4.78 is 5.33. The van der Waals surface area contributed by atoms with Gasteiger partial charge in [-0.05, 0) is 40.4 Å². The van der Waals surface area contributed by atoms with E-state index in [1.54, 1.807) is 32.7 Å². The summed E-state index contributed by atoms with van der Waals surface area (Å²) in [7, 11) is 5.51. The van der Waals surface area contributed by atoms with Gasteiger partial charge in [-0.2, -0.15) is 0 Å². The van der Waals surface area contributed by atoms with Gasteiger partial charge >= 0.3 is 12.0 Å². The Morgan fingerprint density at radius 3 is 2.20 bits per heavy atom. The van der Waals surface area contributed by atoms with Crippen LogP contribution in [-0.2, 0) is 20.9 Å². The van der Waals surface area contributed by atoms with E-state index in [0.717, 1.165) is 5.56 Å². The van der Waals surface area contributed by atoms with Crippen molar-refractivity contribution in [3.63, 3.8) is 0 Å². The second-order valence-corrected chi connectivity index (χ2v) is 8.53. The number of hydrogen-bond acceptors (Lipinski definition) is 5. The third-order valence-corrected chi connectivity index (χ3v) is 4.13. The number of ether oxygens (including phenoxy) is 1. The molecule has 0 aliphatic rings. The molecule has 0 aliphatic heterocycles. The van der Waals surface area contributed by atoms with E-state index in [-0.39, 0.29) is 31.4 Å². The number of hydrogen-bond donors (Lipinski definition) is 1. The molecule has 0 saturated heterocycles. The summed E-state index contributed by atoms with van der Waals surface area (Å²) in [5.41, 5.74) is 0.420. The molecule has 168 valence electrons. The van der Waals surface area contributed by atoms with Crippen LogP contribution in [0.1, 0.15) is 32.8 Å². The lowest BCUT2D eigenvalue weighted by atomic mass is 10.2. The second kappa shape index (κ2) is 12.2. The normalized spacial score (nSPS) is 11.2. The first-order valence-electron chi connectivity index (χ1n) is 10.1. The smallest absolute Gasteiger partial charge is 0.326 e. The Morgan fingerprint density at radius 1 is 1.00 bits per heavy atom. The number of nitrogens with zero attached hydrogens (tertiary/aromatic N) is 3. The molecule has 0 bridgehead atoms. The Bertz CT molecular complexity index is 686. The van der Waals surface area contributed by atoms with E-state index in [9.17, 15) is 14.4 Å². The maximum atomic E-state index is 12.6. The molecule has 0 atom stereocenters. The van der Waals surface area contributed by atoms with Crippen molar-refractivity contribution in [2.75, 3.05) is 47.3 Å². The highest BCUT2D eigenvalue weighted by molar-refractivity contribution is 5.83. The van der Waals surface area contributed by atoms with Crippen LogP contribution in [0, 0.1) is 0 Å². The van der Waals surface area contributed by atoms with Crippen molar-refractivity contribution in [3.8, 4) is 0 Å². The van der Waals surface area contributed by atoms with Crippen molar-refractivity contribution in [2.45, 2.75) is 39.3 Å². The van der Waals surface area contributed by atoms with Crippen LogP contribution in [0.15, 0.2) is 30.3 Å². The summed E-state index contributed by atoms with van der Waals surface area (Å²) in [4.78, 5) is 42.0. The molecule has 0 heterocycles. The highest BCUT2D eigenvalue weighted by Gasteiger charge is 2.22. The zero-order valence-corrected chi connectivity index (χ0v) is 19.1. The van der Waals surface area contributed by atoms with Crippen LogP contribution < -0.4 is 5.32 Å². The molecule has 8 nitrogen and oxygen atoms in total. The molecular formula is C22H36N4O4. The molecule has 0 spiro atoms. The number of urea groups is 1. The first-order valence-corrected chi connectivity index (χ1v) is 10.1. The lowest BCUT2D eigenvalue weighted by Crippen LogP contribution is -2.44. The fraction of sp³-hybridized carbons (Fsp3) is 0.591. The van der Waals surface area contributed by atoms with Gasteiger partial charge in [0.25, 0.3) is 0 Å². The lowest BCUT2D eigenvalue weighted by molar-refractivity contribution is -0.159. The number of carbonyl (C=O) groups excluding carboxylic acids is 3. The average molecular weight is 421 g/mol. The Balaban J connectivity index is 2.52. The minimum absolute atomic E-state index is 0.105. The Morgan fingerprint density at radius 2 is 1.63 bits per heavy atom. The second-order valence-electron chi connectivity index (χ2n) is 8.53. The van der Waals surface area contributed by atoms with Gasteiger partial charge in [-0.1, -0.05) is 30.3 Å². The molecule has 0 saturated carbocycles. The molecule has 1 rings (SSSR count). The SMILES string of the molecule is CN(C)CCN(CC(=O)OC(C)(C)C)C(=O)CCNC(=O)N(C)Cc1ccccc1. The third-order valence-electron chi connectivity index (χ3n) is 4.13. The number of amides is 3. The zero-order chi connectivity index (χ0) is 22.7. The van der Waals surface area contributed by atoms with Crippen LogP contribution in [0.5, 0.6) is 0 Å². The van der Waals surface area contributed by atoms with Gasteiger partial charge in [0.05, 0.1) is 0 Å². The first-order chi connectivity index (χ1) is 14.0. The third kappa shape index (κ3) is 10.8. The molecule has 0 fully saturated rings. The minimum Gasteiger partial charge on any atom is -0.459 e. The van der Waals surface area contributed by atoms with E-state index < -0.39 is 11.6 Å². The predicted molar refractivity (Wildman–Crippen MR) is 117 cm³/mol. The molecule has 1 aromatic carbocycles. The summed E-state index contributed by atoms with van der Waals surface area (Å²) in [6.07, 6.45) is 0.112. The summed E-state index contributed by atoms with van der Waals surface area (Å²) in [6, 6.07) is 9.42. The van der Waals surface area contributed by atoms with Crippen LogP contribution in [0.2, 0.25) is 0 Å². The van der Waals surface area contributed by atoms with E-state index in [0.29, 0.717) is 19.6 Å². The van der Waals surface area contributed by atoms with Gasteiger partial charge < -0.3 is 24.8 Å². The Hall–Kier alpha value is -2.61. The maximum absolute atomic E-state index is 12.6. The van der Waals surface area contributed by atoms with Gasteiger partial charge in [0.1, 0.15) is 12.1 Å². The summed E-state index contributed by atoms with van der Waals surface area (Å²) in [6.45, 7) is 6.98. The van der Waals surface area contributed by atoms with Crippen molar-refractivity contribution < 1.29 is 19.1 Å². The molecular weight excluding hydrogens is 384 g/mol. The highest BCUT2D eigenvalue weighted by atomic mass is 16.6. The van der Waals surface area contributed by atoms with E-state index in [2.05, 4.69) is 5.32 Å². The molecule has 1 aromatic rings. The fourth-order valence-corrected chi connectivity index (χ4v) is 2.64. The molecule has 0 unspecified atom stereocenters. The van der Waals surface area contributed by atoms with Gasteiger partial charge in [-0.25, -0.2) is 4.79 Å². The minimum atomic E-state index is -0.606. The van der Waals surface area contributed by atoms with Crippen molar-refractivity contribution >= 4 is 17.9 Å². The van der Waals surface area contributed by atoms with Crippen molar-refractivity contribution in [1.82, 2.24) is 20.0 Å². The molecule has 0 aliphatic carbocycles. The quantitative estimate of drug-likeness (QED) is 0.585. The number of nitrogens with one attached hydrogen (secondary N) is 1. The monoisotopic (exact) mass is 420 g/mol. The van der Waals surface area contributed by atoms with Gasteiger partial charge in [0, 0.05) is 39.6 Å². The first kappa shape index (κ1) is 25.4. The number of rotatable bonds is 10. The van der Waals surface area contributed by atoms with Crippen LogP contribution in [0.4, 0.5) is 4.79 Å². The summed E-state index contributed by atoms with van der Waals surface area (Å²) in [5.74, 6) is -0.644. The number of likely N-dealkylation sites (N-methyl/N-ethyl adjacent to an activating group) is 1. The van der Waals surface area contributed by atoms with E-state index in [1.165, 1.54) is 4.90 Å². The number of carbonyl (C=O) groups is 3. The Labute approximate surface area is 180 Å². The van der Waals surface area contributed by atoms with Gasteiger partial charge in [-0.3, -0.25) is 9.59 Å². The van der Waals surface area contributed by atoms with Crippen LogP contribution in [0.3, 0.4) is 0 Å². The van der Waals surface area contributed by atoms with Crippen LogP contribution in [0.25, 0.3) is 0 Å². The van der Waals surface area contributed by atoms with Crippen molar-refractivity contribution in [2.24, 2.45) is 0 Å². The van der Waals surface area contributed by atoms with Crippen LogP contribution >= 0.6 is 0 Å². The van der Waals surface area contributed by atoms with Gasteiger partial charge in [0.15, 0.2) is 0 Å². The largest absolute Gasteiger partial charge is 0.459 e. The average Bonchev–Trinajstić information content (AvgIpc) is 2.64. The zero-order valence-electron chi connectivity index (χ0n) is 19.1. The molecule has 0 radical (unpaired) electrons.